The molecule has 1 unspecified atom stereocenters. The molecule has 174 valence electrons. The normalized spacial score (nSPS) is 22.0. The number of rotatable bonds is 11. The molecule has 2 rings (SSSR count). The highest BCUT2D eigenvalue weighted by atomic mass is 79.9. The predicted octanol–water partition coefficient (Wildman–Crippen LogP) is 5.98. The van der Waals surface area contributed by atoms with Crippen LogP contribution in [0.1, 0.15) is 51.5 Å². The summed E-state index contributed by atoms with van der Waals surface area (Å²) in [6, 6.07) is 7.24. The summed E-state index contributed by atoms with van der Waals surface area (Å²) in [5.74, 6) is 0.649. The monoisotopic (exact) mass is 515 g/mol. The average Bonchev–Trinajstić information content (AvgIpc) is 2.75. The van der Waals surface area contributed by atoms with Gasteiger partial charge >= 0.3 is 13.8 Å². The Kier molecular flexibility index (Phi) is 11.8. The Balaban J connectivity index is 1.84. The maximum Gasteiger partial charge on any atom is 0.412 e. The summed E-state index contributed by atoms with van der Waals surface area (Å²) in [6.45, 7) is 5.57. The number of hydrogen-bond acceptors (Lipinski definition) is 4. The van der Waals surface area contributed by atoms with Gasteiger partial charge in [0.15, 0.2) is 0 Å². The van der Waals surface area contributed by atoms with E-state index in [0.29, 0.717) is 30.0 Å². The Labute approximate surface area is 194 Å². The van der Waals surface area contributed by atoms with E-state index >= 15 is 0 Å². The molecule has 3 N–H and O–H groups in total. The second kappa shape index (κ2) is 14.1. The molecule has 31 heavy (non-hydrogen) atoms. The number of carbonyl (C=O) groups excluding carboxylic acids is 1. The summed E-state index contributed by atoms with van der Waals surface area (Å²) in [4.78, 5) is 12.3. The molecule has 0 spiro atoms. The number of ether oxygens (including phenoxy) is 1. The largest absolute Gasteiger partial charge is 0.442 e. The molecule has 3 atom stereocenters. The third-order valence-corrected chi connectivity index (χ3v) is 7.15. The van der Waals surface area contributed by atoms with E-state index in [-0.39, 0.29) is 12.7 Å². The van der Waals surface area contributed by atoms with Gasteiger partial charge in [0.25, 0.3) is 0 Å². The first-order valence-electron chi connectivity index (χ1n) is 11.0. The van der Waals surface area contributed by atoms with Crippen molar-refractivity contribution in [2.45, 2.75) is 58.7 Å². The second-order valence-corrected chi connectivity index (χ2v) is 10.6. The molecule has 7 nitrogen and oxygen atoms in total. The van der Waals surface area contributed by atoms with Crippen LogP contribution in [0.25, 0.3) is 0 Å². The maximum absolute atomic E-state index is 12.8. The van der Waals surface area contributed by atoms with E-state index in [1.165, 1.54) is 6.42 Å². The van der Waals surface area contributed by atoms with E-state index in [0.717, 1.165) is 31.2 Å². The van der Waals surface area contributed by atoms with E-state index < -0.39 is 13.8 Å². The number of benzene rings is 1. The number of nitrogens with one attached hydrogen (secondary N) is 3. The topological polar surface area (TPSA) is 88.7 Å². The van der Waals surface area contributed by atoms with Gasteiger partial charge in [0.05, 0.1) is 6.61 Å². The van der Waals surface area contributed by atoms with Crippen molar-refractivity contribution in [3.8, 4) is 0 Å². The second-order valence-electron chi connectivity index (χ2n) is 7.78. The number of anilines is 1. The molecule has 1 aromatic carbocycles. The first kappa shape index (κ1) is 26.1. The molecule has 0 bridgehead atoms. The molecule has 0 aromatic heterocycles. The fourth-order valence-corrected chi connectivity index (χ4v) is 5.20. The third kappa shape index (κ3) is 10.3. The van der Waals surface area contributed by atoms with E-state index in [1.807, 2.05) is 25.1 Å². The van der Waals surface area contributed by atoms with Crippen LogP contribution < -0.4 is 15.5 Å². The minimum atomic E-state index is -3.11. The number of halogens is 1. The van der Waals surface area contributed by atoms with Gasteiger partial charge in [-0.25, -0.2) is 15.0 Å². The van der Waals surface area contributed by atoms with Gasteiger partial charge in [-0.2, -0.15) is 0 Å². The molecular formula is C22H35BrN3O4P. The zero-order valence-electron chi connectivity index (χ0n) is 18.4. The molecule has 0 radical (unpaired) electrons. The van der Waals surface area contributed by atoms with Gasteiger partial charge in [0, 0.05) is 24.1 Å². The maximum atomic E-state index is 12.8. The number of hydrogen-bond donors (Lipinski definition) is 3. The van der Waals surface area contributed by atoms with Crippen LogP contribution in [0.5, 0.6) is 0 Å². The van der Waals surface area contributed by atoms with Gasteiger partial charge in [-0.05, 0) is 61.8 Å². The summed E-state index contributed by atoms with van der Waals surface area (Å²) in [5.41, 5.74) is 1.50. The molecule has 0 saturated carbocycles. The van der Waals surface area contributed by atoms with Gasteiger partial charge in [-0.15, -0.1) is 0 Å². The van der Waals surface area contributed by atoms with Crippen LogP contribution in [0.3, 0.4) is 0 Å². The fraction of sp³-hybridized carbons (Fsp3) is 0.591. The minimum absolute atomic E-state index is 0.188. The zero-order valence-corrected chi connectivity index (χ0v) is 20.9. The highest BCUT2D eigenvalue weighted by Crippen LogP contribution is 2.38. The van der Waals surface area contributed by atoms with Crippen molar-refractivity contribution in [2.24, 2.45) is 5.92 Å². The highest BCUT2D eigenvalue weighted by molar-refractivity contribution is 9.09. The van der Waals surface area contributed by atoms with Crippen LogP contribution in [-0.2, 0) is 20.4 Å². The standard InChI is InChI=1S/C22H35BrN3O4P/c1-3-15-24-31(28,25-16-14-23)29-17-19-9-11-20(12-10-19)26-22(27)30-21-7-5-4-6-18(2)8-13-21/h5,7,9-12,18,21H,3-4,6,8,13-17H2,1-2H3,(H,26,27)(H2,24,25,28)/b7-5+/t18-,21-,31?/m0/s1. The Morgan fingerprint density at radius 3 is 2.61 bits per heavy atom. The van der Waals surface area contributed by atoms with Crippen molar-refractivity contribution in [3.63, 3.8) is 0 Å². The molecule has 9 heteroatoms. The van der Waals surface area contributed by atoms with Crippen LogP contribution in [-0.4, -0.2) is 30.6 Å². The molecule has 1 aromatic rings. The number of amides is 1. The lowest BCUT2D eigenvalue weighted by Gasteiger charge is -2.20. The number of carbonyl (C=O) groups is 1. The van der Waals surface area contributed by atoms with E-state index in [4.69, 9.17) is 9.26 Å². The summed E-state index contributed by atoms with van der Waals surface area (Å²) in [5, 5.41) is 9.35. The predicted molar refractivity (Wildman–Crippen MR) is 130 cm³/mol. The lowest BCUT2D eigenvalue weighted by molar-refractivity contribution is 0.124. The summed E-state index contributed by atoms with van der Waals surface area (Å²) >= 11 is 3.32. The van der Waals surface area contributed by atoms with Crippen LogP contribution in [0.4, 0.5) is 10.5 Å². The smallest absolute Gasteiger partial charge is 0.412 e. The summed E-state index contributed by atoms with van der Waals surface area (Å²) in [7, 11) is -3.11. The van der Waals surface area contributed by atoms with Crippen molar-refractivity contribution in [1.29, 1.82) is 0 Å². The molecule has 1 aliphatic rings. The molecule has 0 saturated heterocycles. The Morgan fingerprint density at radius 2 is 1.90 bits per heavy atom. The molecule has 0 aliphatic heterocycles. The molecular weight excluding hydrogens is 481 g/mol. The van der Waals surface area contributed by atoms with Crippen LogP contribution in [0, 0.1) is 5.92 Å². The third-order valence-electron chi connectivity index (χ3n) is 4.98. The SMILES string of the molecule is CCCNP(=O)(NCCBr)OCc1ccc(NC(=O)O[C@H]2/C=C/CC[C@H](C)CC2)cc1. The van der Waals surface area contributed by atoms with Gasteiger partial charge in [0.2, 0.25) is 0 Å². The van der Waals surface area contributed by atoms with Gasteiger partial charge in [0.1, 0.15) is 6.10 Å². The minimum Gasteiger partial charge on any atom is -0.442 e. The summed E-state index contributed by atoms with van der Waals surface area (Å²) in [6.07, 6.45) is 8.40. The van der Waals surface area contributed by atoms with E-state index in [1.54, 1.807) is 12.1 Å². The fourth-order valence-electron chi connectivity index (χ4n) is 3.15. The van der Waals surface area contributed by atoms with E-state index in [9.17, 15) is 9.36 Å². The van der Waals surface area contributed by atoms with Crippen molar-refractivity contribution in [1.82, 2.24) is 10.2 Å². The highest BCUT2D eigenvalue weighted by Gasteiger charge is 2.21. The van der Waals surface area contributed by atoms with Gasteiger partial charge in [-0.1, -0.05) is 48.0 Å². The van der Waals surface area contributed by atoms with Crippen LogP contribution in [0.15, 0.2) is 36.4 Å². The molecule has 0 heterocycles. The van der Waals surface area contributed by atoms with E-state index in [2.05, 4.69) is 44.4 Å². The summed E-state index contributed by atoms with van der Waals surface area (Å²) < 4.78 is 24.1. The van der Waals surface area contributed by atoms with Crippen molar-refractivity contribution in [3.05, 3.63) is 42.0 Å². The first-order valence-corrected chi connectivity index (χ1v) is 13.7. The van der Waals surface area contributed by atoms with Crippen LogP contribution in [0.2, 0.25) is 0 Å². The Morgan fingerprint density at radius 1 is 1.16 bits per heavy atom. The molecule has 1 amide bonds. The van der Waals surface area contributed by atoms with Crippen molar-refractivity contribution in [2.75, 3.05) is 23.7 Å². The van der Waals surface area contributed by atoms with Crippen molar-refractivity contribution >= 4 is 35.4 Å². The quantitative estimate of drug-likeness (QED) is 0.191. The Bertz CT molecular complexity index is 733. The van der Waals surface area contributed by atoms with Gasteiger partial charge < -0.3 is 9.26 Å². The lowest BCUT2D eigenvalue weighted by Crippen LogP contribution is -2.26. The van der Waals surface area contributed by atoms with Gasteiger partial charge in [-0.3, -0.25) is 9.88 Å². The van der Waals surface area contributed by atoms with Crippen LogP contribution >= 0.6 is 23.6 Å². The first-order chi connectivity index (χ1) is 14.9. The Hall–Kier alpha value is -1.18. The molecule has 1 aliphatic carbocycles. The van der Waals surface area contributed by atoms with Crippen molar-refractivity contribution < 1.29 is 18.6 Å². The lowest BCUT2D eigenvalue weighted by atomic mass is 9.95. The number of alkyl halides is 1. The zero-order chi connectivity index (χ0) is 22.5. The molecule has 0 fully saturated rings. The average molecular weight is 516 g/mol. The number of allylic oxidation sites excluding steroid dienone is 1.